The van der Waals surface area contributed by atoms with Gasteiger partial charge in [0.25, 0.3) is 0 Å². The Morgan fingerprint density at radius 3 is 2.72 bits per heavy atom. The van der Waals surface area contributed by atoms with Gasteiger partial charge in [-0.3, -0.25) is 4.79 Å². The van der Waals surface area contributed by atoms with Gasteiger partial charge in [-0.1, -0.05) is 11.6 Å². The van der Waals surface area contributed by atoms with E-state index in [2.05, 4.69) is 27.9 Å². The van der Waals surface area contributed by atoms with Crippen LogP contribution < -0.4 is 5.32 Å². The third-order valence-corrected chi connectivity index (χ3v) is 4.20. The topological polar surface area (TPSA) is 32.3 Å². The Morgan fingerprint density at radius 2 is 2.06 bits per heavy atom. The van der Waals surface area contributed by atoms with Gasteiger partial charge in [0.2, 0.25) is 5.91 Å². The summed E-state index contributed by atoms with van der Waals surface area (Å²) in [5.74, 6) is 0.181. The zero-order valence-corrected chi connectivity index (χ0v) is 13.0. The molecule has 1 fully saturated rings. The molecule has 5 heteroatoms. The molecule has 0 bridgehead atoms. The second kappa shape index (κ2) is 6.61. The highest BCUT2D eigenvalue weighted by molar-refractivity contribution is 14.1. The summed E-state index contributed by atoms with van der Waals surface area (Å²) in [6, 6.07) is 5.63. The zero-order valence-electron chi connectivity index (χ0n) is 10.1. The monoisotopic (exact) mass is 378 g/mol. The van der Waals surface area contributed by atoms with E-state index in [0.29, 0.717) is 11.6 Å². The number of likely N-dealkylation sites (tertiary alicyclic amines) is 1. The number of benzene rings is 1. The Balaban J connectivity index is 1.88. The second-order valence-corrected chi connectivity index (χ2v) is 6.02. The number of amides is 1. The molecule has 0 aliphatic carbocycles. The van der Waals surface area contributed by atoms with Crippen molar-refractivity contribution in [3.05, 3.63) is 26.8 Å². The minimum absolute atomic E-state index is 0.181. The van der Waals surface area contributed by atoms with E-state index in [9.17, 15) is 4.79 Å². The van der Waals surface area contributed by atoms with E-state index in [1.807, 2.05) is 23.1 Å². The second-order valence-electron chi connectivity index (χ2n) is 4.42. The van der Waals surface area contributed by atoms with Crippen LogP contribution in [0.3, 0.4) is 0 Å². The molecule has 2 rings (SSSR count). The minimum Gasteiger partial charge on any atom is -0.375 e. The number of halogens is 2. The van der Waals surface area contributed by atoms with Crippen LogP contribution in [0.2, 0.25) is 5.02 Å². The first-order chi connectivity index (χ1) is 8.66. The number of hydrogen-bond acceptors (Lipinski definition) is 2. The highest BCUT2D eigenvalue weighted by Gasteiger charge is 2.16. The van der Waals surface area contributed by atoms with Gasteiger partial charge in [0.1, 0.15) is 0 Å². The fourth-order valence-electron chi connectivity index (χ4n) is 2.06. The van der Waals surface area contributed by atoms with E-state index < -0.39 is 0 Å². The third kappa shape index (κ3) is 3.75. The Hall–Kier alpha value is -0.490. The smallest absolute Gasteiger partial charge is 0.241 e. The molecule has 0 atom stereocenters. The minimum atomic E-state index is 0.181. The van der Waals surface area contributed by atoms with Crippen molar-refractivity contribution in [2.75, 3.05) is 25.0 Å². The first-order valence-electron chi connectivity index (χ1n) is 6.13. The Kier molecular flexibility index (Phi) is 5.12. The molecule has 1 amide bonds. The molecule has 1 heterocycles. The summed E-state index contributed by atoms with van der Waals surface area (Å²) in [7, 11) is 0. The maximum atomic E-state index is 12.0. The van der Waals surface area contributed by atoms with E-state index in [0.717, 1.165) is 35.2 Å². The van der Waals surface area contributed by atoms with E-state index >= 15 is 0 Å². The van der Waals surface area contributed by atoms with Gasteiger partial charge >= 0.3 is 0 Å². The SMILES string of the molecule is O=C(CNc1ccc(Cl)cc1I)N1CCCCC1. The Bertz CT molecular complexity index is 433. The summed E-state index contributed by atoms with van der Waals surface area (Å²) in [6.07, 6.45) is 3.50. The van der Waals surface area contributed by atoms with Crippen molar-refractivity contribution >= 4 is 45.8 Å². The summed E-state index contributed by atoms with van der Waals surface area (Å²) in [6.45, 7) is 2.16. The van der Waals surface area contributed by atoms with E-state index in [4.69, 9.17) is 11.6 Å². The van der Waals surface area contributed by atoms with Crippen LogP contribution in [-0.2, 0) is 4.79 Å². The van der Waals surface area contributed by atoms with Crippen molar-refractivity contribution in [3.63, 3.8) is 0 Å². The molecule has 1 aromatic carbocycles. The van der Waals surface area contributed by atoms with E-state index in [1.165, 1.54) is 6.42 Å². The predicted octanol–water partition coefficient (Wildman–Crippen LogP) is 3.37. The van der Waals surface area contributed by atoms with Gasteiger partial charge in [-0.2, -0.15) is 0 Å². The van der Waals surface area contributed by atoms with Crippen molar-refractivity contribution in [1.29, 1.82) is 0 Å². The van der Waals surface area contributed by atoms with Crippen LogP contribution in [0.25, 0.3) is 0 Å². The maximum Gasteiger partial charge on any atom is 0.241 e. The van der Waals surface area contributed by atoms with Crippen molar-refractivity contribution in [1.82, 2.24) is 4.90 Å². The first kappa shape index (κ1) is 13.9. The molecule has 1 aromatic rings. The van der Waals surface area contributed by atoms with Crippen LogP contribution in [-0.4, -0.2) is 30.4 Å². The summed E-state index contributed by atoms with van der Waals surface area (Å²) in [5, 5.41) is 3.89. The molecule has 0 aromatic heterocycles. The Labute approximate surface area is 126 Å². The fraction of sp³-hybridized carbons (Fsp3) is 0.462. The number of carbonyl (C=O) groups is 1. The number of carbonyl (C=O) groups excluding carboxylic acids is 1. The van der Waals surface area contributed by atoms with E-state index in [1.54, 1.807) is 0 Å². The molecular formula is C13H16ClIN2O. The molecular weight excluding hydrogens is 363 g/mol. The van der Waals surface area contributed by atoms with Crippen LogP contribution in [0, 0.1) is 3.57 Å². The summed E-state index contributed by atoms with van der Waals surface area (Å²) in [4.78, 5) is 13.9. The average molecular weight is 379 g/mol. The quantitative estimate of drug-likeness (QED) is 0.818. The number of piperidine rings is 1. The average Bonchev–Trinajstić information content (AvgIpc) is 2.38. The Morgan fingerprint density at radius 1 is 1.33 bits per heavy atom. The normalized spacial score (nSPS) is 15.6. The highest BCUT2D eigenvalue weighted by atomic mass is 127. The molecule has 0 spiro atoms. The summed E-state index contributed by atoms with van der Waals surface area (Å²) < 4.78 is 1.03. The fourth-order valence-corrected chi connectivity index (χ4v) is 3.12. The van der Waals surface area contributed by atoms with Gasteiger partial charge in [0.15, 0.2) is 0 Å². The summed E-state index contributed by atoms with van der Waals surface area (Å²) in [5.41, 5.74) is 0.963. The lowest BCUT2D eigenvalue weighted by Gasteiger charge is -2.27. The van der Waals surface area contributed by atoms with Gasteiger partial charge in [0, 0.05) is 27.4 Å². The lowest BCUT2D eigenvalue weighted by Crippen LogP contribution is -2.39. The molecule has 0 unspecified atom stereocenters. The highest BCUT2D eigenvalue weighted by Crippen LogP contribution is 2.22. The maximum absolute atomic E-state index is 12.0. The molecule has 98 valence electrons. The van der Waals surface area contributed by atoms with Crippen molar-refractivity contribution in [3.8, 4) is 0 Å². The van der Waals surface area contributed by atoms with E-state index in [-0.39, 0.29) is 5.91 Å². The molecule has 1 aliphatic rings. The number of rotatable bonds is 3. The molecule has 1 N–H and O–H groups in total. The van der Waals surface area contributed by atoms with Gasteiger partial charge in [0.05, 0.1) is 6.54 Å². The number of hydrogen-bond donors (Lipinski definition) is 1. The van der Waals surface area contributed by atoms with Crippen LogP contribution >= 0.6 is 34.2 Å². The van der Waals surface area contributed by atoms with Crippen LogP contribution in [0.1, 0.15) is 19.3 Å². The molecule has 1 saturated heterocycles. The number of nitrogens with zero attached hydrogens (tertiary/aromatic N) is 1. The standard InChI is InChI=1S/C13H16ClIN2O/c14-10-4-5-12(11(15)8-10)16-9-13(18)17-6-2-1-3-7-17/h4-5,8,16H,1-3,6-7,9H2. The summed E-state index contributed by atoms with van der Waals surface area (Å²) >= 11 is 8.11. The zero-order chi connectivity index (χ0) is 13.0. The lowest BCUT2D eigenvalue weighted by atomic mass is 10.1. The molecule has 18 heavy (non-hydrogen) atoms. The molecule has 1 aliphatic heterocycles. The third-order valence-electron chi connectivity index (χ3n) is 3.07. The van der Waals surface area contributed by atoms with Crippen molar-refractivity contribution < 1.29 is 4.79 Å². The first-order valence-corrected chi connectivity index (χ1v) is 7.59. The van der Waals surface area contributed by atoms with Gasteiger partial charge in [-0.25, -0.2) is 0 Å². The van der Waals surface area contributed by atoms with Gasteiger partial charge in [-0.15, -0.1) is 0 Å². The van der Waals surface area contributed by atoms with Crippen LogP contribution in [0.15, 0.2) is 18.2 Å². The van der Waals surface area contributed by atoms with Gasteiger partial charge in [-0.05, 0) is 60.1 Å². The molecule has 0 saturated carbocycles. The van der Waals surface area contributed by atoms with Crippen molar-refractivity contribution in [2.45, 2.75) is 19.3 Å². The van der Waals surface area contributed by atoms with Crippen molar-refractivity contribution in [2.24, 2.45) is 0 Å². The van der Waals surface area contributed by atoms with Crippen LogP contribution in [0.4, 0.5) is 5.69 Å². The van der Waals surface area contributed by atoms with Gasteiger partial charge < -0.3 is 10.2 Å². The molecule has 0 radical (unpaired) electrons. The van der Waals surface area contributed by atoms with Crippen LogP contribution in [0.5, 0.6) is 0 Å². The lowest BCUT2D eigenvalue weighted by molar-refractivity contribution is -0.130. The number of anilines is 1. The largest absolute Gasteiger partial charge is 0.375 e. The predicted molar refractivity (Wildman–Crippen MR) is 83.1 cm³/mol. The molecule has 3 nitrogen and oxygen atoms in total. The number of nitrogens with one attached hydrogen (secondary N) is 1.